The Morgan fingerprint density at radius 1 is 1.10 bits per heavy atom. The predicted octanol–water partition coefficient (Wildman–Crippen LogP) is 4.47. The zero-order valence-electron chi connectivity index (χ0n) is 22.7. The maximum Gasteiger partial charge on any atom is 0.422 e. The van der Waals surface area contributed by atoms with Crippen LogP contribution in [0.2, 0.25) is 0 Å². The third kappa shape index (κ3) is 7.06. The normalized spacial score (nSPS) is 14.2. The van der Waals surface area contributed by atoms with Gasteiger partial charge in [0.05, 0.1) is 12.1 Å². The molecule has 0 radical (unpaired) electrons. The van der Waals surface area contributed by atoms with Crippen molar-refractivity contribution in [2.45, 2.75) is 32.0 Å². The number of hydrogen-bond acceptors (Lipinski definition) is 7. The molecule has 1 aliphatic heterocycles. The summed E-state index contributed by atoms with van der Waals surface area (Å²) in [5, 5.41) is 5.94. The second kappa shape index (κ2) is 11.5. The number of alkyl halides is 3. The Balaban J connectivity index is 1.48. The molecule has 2 N–H and O–H groups in total. The van der Waals surface area contributed by atoms with Crippen molar-refractivity contribution in [1.82, 2.24) is 14.9 Å². The van der Waals surface area contributed by atoms with Gasteiger partial charge in [0.2, 0.25) is 11.8 Å². The van der Waals surface area contributed by atoms with Gasteiger partial charge in [-0.1, -0.05) is 19.9 Å². The number of anilines is 3. The van der Waals surface area contributed by atoms with E-state index in [1.54, 1.807) is 35.2 Å². The number of rotatable bonds is 9. The number of hydrogen-bond donors (Lipinski definition) is 2. The molecule has 12 heteroatoms. The molecule has 1 aliphatic rings. The molecule has 4 rings (SSSR count). The van der Waals surface area contributed by atoms with Crippen LogP contribution in [0.3, 0.4) is 0 Å². The van der Waals surface area contributed by atoms with E-state index in [0.717, 1.165) is 11.3 Å². The number of fused-ring (bicyclic) bond motifs is 1. The SMILES string of the molecule is CN(C)CC(=O)N1CC(C)(C)c2ccc(NC(=O)c3cccnc3NCc3ccnc(OCC(F)(F)F)c3)cc21. The summed E-state index contributed by atoms with van der Waals surface area (Å²) in [7, 11) is 3.68. The molecular formula is C28H31F3N6O3. The average Bonchev–Trinajstić information content (AvgIpc) is 3.16. The molecule has 3 aromatic rings. The highest BCUT2D eigenvalue weighted by molar-refractivity contribution is 6.08. The van der Waals surface area contributed by atoms with E-state index in [1.807, 2.05) is 25.1 Å². The number of halogens is 3. The fourth-order valence-corrected chi connectivity index (χ4v) is 4.46. The first-order valence-electron chi connectivity index (χ1n) is 12.6. The molecule has 212 valence electrons. The van der Waals surface area contributed by atoms with E-state index in [-0.39, 0.29) is 35.9 Å². The maximum atomic E-state index is 13.3. The molecule has 0 spiro atoms. The van der Waals surface area contributed by atoms with E-state index >= 15 is 0 Å². The lowest BCUT2D eigenvalue weighted by molar-refractivity contribution is -0.154. The highest BCUT2D eigenvalue weighted by Crippen LogP contribution is 2.42. The van der Waals surface area contributed by atoms with E-state index in [0.29, 0.717) is 23.6 Å². The van der Waals surface area contributed by atoms with Crippen LogP contribution in [0.5, 0.6) is 5.88 Å². The van der Waals surface area contributed by atoms with Gasteiger partial charge >= 0.3 is 6.18 Å². The van der Waals surface area contributed by atoms with Crippen LogP contribution in [-0.2, 0) is 16.8 Å². The molecule has 0 fully saturated rings. The Labute approximate surface area is 230 Å². The van der Waals surface area contributed by atoms with Crippen LogP contribution >= 0.6 is 0 Å². The molecule has 0 aliphatic carbocycles. The lowest BCUT2D eigenvalue weighted by Gasteiger charge is -2.22. The van der Waals surface area contributed by atoms with Crippen LogP contribution in [0.4, 0.5) is 30.4 Å². The number of nitrogens with one attached hydrogen (secondary N) is 2. The number of aromatic nitrogens is 2. The summed E-state index contributed by atoms with van der Waals surface area (Å²) in [6.45, 7) is 3.69. The molecule has 9 nitrogen and oxygen atoms in total. The molecule has 2 aromatic heterocycles. The van der Waals surface area contributed by atoms with Crippen molar-refractivity contribution >= 4 is 29.0 Å². The Kier molecular flexibility index (Phi) is 8.29. The number of pyridine rings is 2. The number of benzene rings is 1. The zero-order valence-corrected chi connectivity index (χ0v) is 22.7. The largest absolute Gasteiger partial charge is 0.468 e. The molecule has 0 atom stereocenters. The number of carbonyl (C=O) groups excluding carboxylic acids is 2. The van der Waals surface area contributed by atoms with Crippen LogP contribution in [0, 0.1) is 0 Å². The van der Waals surface area contributed by atoms with Crippen molar-refractivity contribution < 1.29 is 27.5 Å². The van der Waals surface area contributed by atoms with E-state index in [2.05, 4.69) is 34.4 Å². The summed E-state index contributed by atoms with van der Waals surface area (Å²) in [4.78, 5) is 37.8. The van der Waals surface area contributed by atoms with Crippen molar-refractivity contribution in [2.75, 3.05) is 49.3 Å². The van der Waals surface area contributed by atoms with E-state index in [9.17, 15) is 22.8 Å². The van der Waals surface area contributed by atoms with Gasteiger partial charge in [-0.2, -0.15) is 13.2 Å². The summed E-state index contributed by atoms with van der Waals surface area (Å²) in [5.74, 6) is -0.307. The van der Waals surface area contributed by atoms with E-state index in [4.69, 9.17) is 4.74 Å². The van der Waals surface area contributed by atoms with Crippen molar-refractivity contribution in [2.24, 2.45) is 0 Å². The molecule has 0 bridgehead atoms. The standard InChI is InChI=1S/C28H31F3N6O3/c1-27(2)16-37(24(38)15-36(3)4)22-13-19(7-8-21(22)27)35-26(39)20-6-5-10-33-25(20)34-14-18-9-11-32-23(12-18)40-17-28(29,30)31/h5-13H,14-17H2,1-4H3,(H,33,34)(H,35,39). The Morgan fingerprint density at radius 3 is 2.60 bits per heavy atom. The fourth-order valence-electron chi connectivity index (χ4n) is 4.46. The lowest BCUT2D eigenvalue weighted by atomic mass is 9.87. The fraction of sp³-hybridized carbons (Fsp3) is 0.357. The van der Waals surface area contributed by atoms with Gasteiger partial charge in [0.15, 0.2) is 6.61 Å². The monoisotopic (exact) mass is 556 g/mol. The molecule has 2 amide bonds. The molecule has 40 heavy (non-hydrogen) atoms. The van der Waals surface area contributed by atoms with Crippen LogP contribution < -0.4 is 20.3 Å². The number of carbonyl (C=O) groups is 2. The maximum absolute atomic E-state index is 13.3. The first-order valence-corrected chi connectivity index (χ1v) is 12.6. The quantitative estimate of drug-likeness (QED) is 0.401. The predicted molar refractivity (Wildman–Crippen MR) is 146 cm³/mol. The Hall–Kier alpha value is -4.19. The molecule has 0 saturated heterocycles. The number of amides is 2. The van der Waals surface area contributed by atoms with E-state index in [1.165, 1.54) is 18.5 Å². The van der Waals surface area contributed by atoms with Crippen molar-refractivity contribution in [3.05, 3.63) is 71.5 Å². The summed E-state index contributed by atoms with van der Waals surface area (Å²) < 4.78 is 42.1. The van der Waals surface area contributed by atoms with Gasteiger partial charge in [0.25, 0.3) is 5.91 Å². The topological polar surface area (TPSA) is 99.7 Å². The minimum atomic E-state index is -4.47. The first-order chi connectivity index (χ1) is 18.8. The van der Waals surface area contributed by atoms with E-state index < -0.39 is 18.7 Å². The highest BCUT2D eigenvalue weighted by atomic mass is 19.4. The van der Waals surface area contributed by atoms with Crippen molar-refractivity contribution in [1.29, 1.82) is 0 Å². The number of nitrogens with zero attached hydrogens (tertiary/aromatic N) is 4. The minimum absolute atomic E-state index is 0.0258. The third-order valence-corrected chi connectivity index (χ3v) is 6.28. The van der Waals surface area contributed by atoms with Crippen molar-refractivity contribution in [3.8, 4) is 5.88 Å². The third-order valence-electron chi connectivity index (χ3n) is 6.28. The van der Waals surface area contributed by atoms with Gasteiger partial charge in [-0.05, 0) is 55.6 Å². The van der Waals surface area contributed by atoms with Gasteiger partial charge in [0.1, 0.15) is 5.82 Å². The van der Waals surface area contributed by atoms with Gasteiger partial charge in [0, 0.05) is 48.3 Å². The highest BCUT2D eigenvalue weighted by Gasteiger charge is 2.38. The second-order valence-electron chi connectivity index (χ2n) is 10.4. The van der Waals surface area contributed by atoms with Crippen molar-refractivity contribution in [3.63, 3.8) is 0 Å². The second-order valence-corrected chi connectivity index (χ2v) is 10.4. The molecule has 3 heterocycles. The number of likely N-dealkylation sites (N-methyl/N-ethyl adjacent to an activating group) is 1. The molecule has 0 saturated carbocycles. The van der Waals surface area contributed by atoms with Crippen LogP contribution in [-0.4, -0.2) is 66.7 Å². The van der Waals surface area contributed by atoms with Crippen LogP contribution in [0.25, 0.3) is 0 Å². The summed E-state index contributed by atoms with van der Waals surface area (Å²) in [5.41, 5.74) is 2.95. The smallest absolute Gasteiger partial charge is 0.422 e. The summed E-state index contributed by atoms with van der Waals surface area (Å²) >= 11 is 0. The number of ether oxygens (including phenoxy) is 1. The van der Waals surface area contributed by atoms with Gasteiger partial charge < -0.3 is 25.2 Å². The summed E-state index contributed by atoms with van der Waals surface area (Å²) in [6.07, 6.45) is -1.60. The molecule has 0 unspecified atom stereocenters. The first kappa shape index (κ1) is 28.8. The molecular weight excluding hydrogens is 525 g/mol. The van der Waals surface area contributed by atoms with Gasteiger partial charge in [-0.3, -0.25) is 9.59 Å². The average molecular weight is 557 g/mol. The molecule has 1 aromatic carbocycles. The van der Waals surface area contributed by atoms with Gasteiger partial charge in [-0.15, -0.1) is 0 Å². The lowest BCUT2D eigenvalue weighted by Crippen LogP contribution is -2.39. The zero-order chi connectivity index (χ0) is 29.1. The summed E-state index contributed by atoms with van der Waals surface area (Å²) in [6, 6.07) is 11.8. The Bertz CT molecular complexity index is 1390. The Morgan fingerprint density at radius 2 is 1.88 bits per heavy atom. The van der Waals surface area contributed by atoms with Crippen LogP contribution in [0.1, 0.15) is 35.3 Å². The van der Waals surface area contributed by atoms with Gasteiger partial charge in [-0.25, -0.2) is 9.97 Å². The van der Waals surface area contributed by atoms with Crippen LogP contribution in [0.15, 0.2) is 54.9 Å². The minimum Gasteiger partial charge on any atom is -0.468 e.